The van der Waals surface area contributed by atoms with Gasteiger partial charge in [-0.1, -0.05) is 88.4 Å². The molecule has 2 aromatic rings. The van der Waals surface area contributed by atoms with E-state index in [4.69, 9.17) is 18.9 Å². The topological polar surface area (TPSA) is 177 Å². The summed E-state index contributed by atoms with van der Waals surface area (Å²) in [6.07, 6.45) is 1.32. The highest BCUT2D eigenvalue weighted by molar-refractivity contribution is 5.81. The lowest BCUT2D eigenvalue weighted by Crippen LogP contribution is -2.33. The average Bonchev–Trinajstić information content (AvgIpc) is 4.03. The predicted molar refractivity (Wildman–Crippen MR) is 262 cm³/mol. The highest BCUT2D eigenvalue weighted by atomic mass is 16.6. The molecular weight excluding hydrogens is 901 g/mol. The van der Waals surface area contributed by atoms with Crippen LogP contribution in [0.4, 0.5) is 0 Å². The molecule has 8 rings (SSSR count). The number of cyclic esters (lactones) is 6. The third-order valence-corrected chi connectivity index (χ3v) is 12.1. The normalized spacial score (nSPS) is 23.5. The van der Waals surface area contributed by atoms with Crippen molar-refractivity contribution in [2.75, 3.05) is 42.3 Å². The van der Waals surface area contributed by atoms with Crippen LogP contribution >= 0.6 is 0 Å². The maximum Gasteiger partial charge on any atom is 0.335 e. The third-order valence-electron chi connectivity index (χ3n) is 12.1. The molecule has 0 aromatic heterocycles. The Kier molecular flexibility index (Phi) is 20.5. The van der Waals surface area contributed by atoms with Gasteiger partial charge in [0, 0.05) is 55.1 Å². The van der Waals surface area contributed by atoms with Crippen LogP contribution < -0.4 is 0 Å². The number of esters is 6. The summed E-state index contributed by atoms with van der Waals surface area (Å²) in [5.74, 6) is 1.94. The molecule has 70 heavy (non-hydrogen) atoms. The maximum absolute atomic E-state index is 11.5. The summed E-state index contributed by atoms with van der Waals surface area (Å²) in [7, 11) is 10.8. The monoisotopic (exact) mass is 971 g/mol. The van der Waals surface area contributed by atoms with Crippen molar-refractivity contribution in [2.45, 2.75) is 90.6 Å². The van der Waals surface area contributed by atoms with E-state index in [1.165, 1.54) is 0 Å². The summed E-state index contributed by atoms with van der Waals surface area (Å²) in [5.41, 5.74) is 2.25. The Labute approximate surface area is 412 Å². The van der Waals surface area contributed by atoms with Crippen LogP contribution in [0.25, 0.3) is 0 Å². The SMILES string of the molecule is C=C1OC(=O)[C@@H](C(C)C)N1C.C=C1OC(=O)[C@@H](C)N1C.C=C1OC(=O)[C@@H](Cc2ccccc2)N1C.C=C1OC(=O)[C@H](C(C)C)N1C.C=C1OC(=O)[C@H](C)N1C.C=C1OC(=O)[C@H](Cc2ccccc2)N1C. The molecule has 6 atom stereocenters. The summed E-state index contributed by atoms with van der Waals surface area (Å²) in [6.45, 7) is 33.1. The van der Waals surface area contributed by atoms with E-state index in [0.29, 0.717) is 48.1 Å². The number of carbonyl (C=O) groups excluding carboxylic acids is 6. The van der Waals surface area contributed by atoms with Crippen molar-refractivity contribution in [3.63, 3.8) is 0 Å². The predicted octanol–water partition coefficient (Wildman–Crippen LogP) is 5.73. The average molecular weight is 971 g/mol. The van der Waals surface area contributed by atoms with Gasteiger partial charge in [-0.05, 0) is 76.3 Å². The summed E-state index contributed by atoms with van der Waals surface area (Å²) < 4.78 is 28.9. The number of carbonyl (C=O) groups is 6. The standard InChI is InChI=1S/2C12H13NO2.2C8H13NO2.2C6H9NO2/c2*1-9-13(2)11(12(14)15-9)8-10-6-4-3-5-7-10;2*1-5(2)7-8(10)11-6(3)9(7)4;2*1-4-6(8)9-5(2)7(4)3/h2*3-7,11H,1,8H2,2H3;2*5,7H,3H2,1-2,4H3;2*4H,2H2,1,3H3/t2*11-;2*7-;2*4-/m101010/s1. The highest BCUT2D eigenvalue weighted by Gasteiger charge is 2.39. The zero-order valence-electron chi connectivity index (χ0n) is 42.6. The molecular formula is C52H70N6O12. The minimum atomic E-state index is -0.236. The first kappa shape index (κ1) is 56.8. The molecule has 0 amide bonds. The molecule has 380 valence electrons. The van der Waals surface area contributed by atoms with Gasteiger partial charge in [-0.15, -0.1) is 0 Å². The lowest BCUT2D eigenvalue weighted by atomic mass is 10.0. The zero-order valence-corrected chi connectivity index (χ0v) is 42.6. The summed E-state index contributed by atoms with van der Waals surface area (Å²) in [6, 6.07) is 18.7. The van der Waals surface area contributed by atoms with E-state index in [9.17, 15) is 28.8 Å². The van der Waals surface area contributed by atoms with Gasteiger partial charge in [0.2, 0.25) is 0 Å². The largest absolute Gasteiger partial charge is 0.409 e. The van der Waals surface area contributed by atoms with Gasteiger partial charge in [-0.3, -0.25) is 0 Å². The van der Waals surface area contributed by atoms with E-state index in [0.717, 1.165) is 11.1 Å². The number of ether oxygens (including phenoxy) is 6. The summed E-state index contributed by atoms with van der Waals surface area (Å²) in [5, 5.41) is 0. The molecule has 0 bridgehead atoms. The van der Waals surface area contributed by atoms with Crippen molar-refractivity contribution in [1.29, 1.82) is 0 Å². The molecule has 18 nitrogen and oxygen atoms in total. The van der Waals surface area contributed by atoms with Crippen molar-refractivity contribution < 1.29 is 57.2 Å². The number of hydrogen-bond donors (Lipinski definition) is 0. The van der Waals surface area contributed by atoms with Crippen LogP contribution in [-0.4, -0.2) is 144 Å². The fourth-order valence-corrected chi connectivity index (χ4v) is 7.15. The van der Waals surface area contributed by atoms with Crippen LogP contribution in [0, 0.1) is 11.8 Å². The molecule has 0 aliphatic carbocycles. The Morgan fingerprint density at radius 2 is 0.629 bits per heavy atom. The minimum Gasteiger partial charge on any atom is -0.409 e. The quantitative estimate of drug-likeness (QED) is 0.253. The van der Waals surface area contributed by atoms with E-state index in [2.05, 4.69) is 48.9 Å². The molecule has 6 aliphatic heterocycles. The molecule has 6 saturated heterocycles. The van der Waals surface area contributed by atoms with Crippen LogP contribution in [0.15, 0.2) is 135 Å². The lowest BCUT2D eigenvalue weighted by molar-refractivity contribution is -0.138. The van der Waals surface area contributed by atoms with Crippen molar-refractivity contribution in [3.05, 3.63) is 147 Å². The Morgan fingerprint density at radius 3 is 0.786 bits per heavy atom. The van der Waals surface area contributed by atoms with Crippen molar-refractivity contribution in [2.24, 2.45) is 11.8 Å². The molecule has 6 aliphatic rings. The second-order valence-corrected chi connectivity index (χ2v) is 17.7. The highest BCUT2D eigenvalue weighted by Crippen LogP contribution is 2.25. The first-order valence-electron chi connectivity index (χ1n) is 22.6. The fourth-order valence-electron chi connectivity index (χ4n) is 7.15. The Morgan fingerprint density at radius 1 is 0.386 bits per heavy atom. The summed E-state index contributed by atoms with van der Waals surface area (Å²) in [4.78, 5) is 77.0. The second kappa shape index (κ2) is 25.2. The van der Waals surface area contributed by atoms with Gasteiger partial charge >= 0.3 is 35.8 Å². The van der Waals surface area contributed by atoms with Gasteiger partial charge in [0.25, 0.3) is 0 Å². The van der Waals surface area contributed by atoms with Crippen molar-refractivity contribution in [1.82, 2.24) is 29.4 Å². The molecule has 6 fully saturated rings. The fraction of sp³-hybridized carbons (Fsp3) is 0.423. The molecule has 0 spiro atoms. The van der Waals surface area contributed by atoms with E-state index >= 15 is 0 Å². The molecule has 2 aromatic carbocycles. The number of nitrogens with zero attached hydrogens (tertiary/aromatic N) is 6. The lowest BCUT2D eigenvalue weighted by Gasteiger charge is -2.19. The van der Waals surface area contributed by atoms with Crippen LogP contribution in [0.1, 0.15) is 52.7 Å². The maximum atomic E-state index is 11.5. The number of benzene rings is 2. The molecule has 18 heteroatoms. The van der Waals surface area contributed by atoms with E-state index in [1.807, 2.05) is 117 Å². The van der Waals surface area contributed by atoms with Gasteiger partial charge in [-0.2, -0.15) is 0 Å². The van der Waals surface area contributed by atoms with Gasteiger partial charge in [0.05, 0.1) is 0 Å². The molecule has 0 N–H and O–H groups in total. The van der Waals surface area contributed by atoms with Gasteiger partial charge < -0.3 is 57.8 Å². The zero-order chi connectivity index (χ0) is 52.9. The third kappa shape index (κ3) is 14.8. The van der Waals surface area contributed by atoms with Crippen molar-refractivity contribution >= 4 is 35.8 Å². The summed E-state index contributed by atoms with van der Waals surface area (Å²) >= 11 is 0. The smallest absolute Gasteiger partial charge is 0.335 e. The first-order chi connectivity index (χ1) is 32.7. The van der Waals surface area contributed by atoms with E-state index in [1.54, 1.807) is 57.3 Å². The number of hydrogen-bond acceptors (Lipinski definition) is 18. The van der Waals surface area contributed by atoms with Crippen LogP contribution in [0.2, 0.25) is 0 Å². The van der Waals surface area contributed by atoms with Crippen LogP contribution in [0.3, 0.4) is 0 Å². The number of rotatable bonds is 6. The Balaban J connectivity index is 0.000000225. The van der Waals surface area contributed by atoms with Gasteiger partial charge in [0.15, 0.2) is 35.3 Å². The van der Waals surface area contributed by atoms with Gasteiger partial charge in [-0.25, -0.2) is 28.8 Å². The van der Waals surface area contributed by atoms with E-state index in [-0.39, 0.29) is 83.9 Å². The Bertz CT molecular complexity index is 2100. The molecule has 0 unspecified atom stereocenters. The van der Waals surface area contributed by atoms with Gasteiger partial charge in [0.1, 0.15) is 36.3 Å². The van der Waals surface area contributed by atoms with Crippen molar-refractivity contribution in [3.8, 4) is 0 Å². The first-order valence-corrected chi connectivity index (χ1v) is 22.6. The molecule has 0 saturated carbocycles. The van der Waals surface area contributed by atoms with Crippen LogP contribution in [-0.2, 0) is 70.0 Å². The second-order valence-electron chi connectivity index (χ2n) is 17.7. The van der Waals surface area contributed by atoms with E-state index < -0.39 is 0 Å². The number of likely N-dealkylation sites (N-methyl/N-ethyl adjacent to an activating group) is 6. The minimum absolute atomic E-state index is 0.150. The molecule has 0 radical (unpaired) electrons. The van der Waals surface area contributed by atoms with Crippen LogP contribution in [0.5, 0.6) is 0 Å². The molecule has 6 heterocycles. The Hall–Kier alpha value is -7.50.